The smallest absolute Gasteiger partial charge is 0.255 e. The maximum atomic E-state index is 12.9. The van der Waals surface area contributed by atoms with Crippen LogP contribution in [0.3, 0.4) is 0 Å². The van der Waals surface area contributed by atoms with Crippen LogP contribution in [0.25, 0.3) is 11.4 Å². The van der Waals surface area contributed by atoms with Gasteiger partial charge in [-0.05, 0) is 30.7 Å². The minimum Gasteiger partial charge on any atom is -0.332 e. The second-order valence-electron chi connectivity index (χ2n) is 5.94. The molecule has 0 radical (unpaired) electrons. The standard InChI is InChI=1S/C19H14Cl2N4O/c20-14-5-3-4-13(17(14)21)19(26)25-9-7-12-16(10-25)23-11-24-18(12)15-6-1-2-8-22-15/h1-6,8,11H,7,9-10H2. The maximum Gasteiger partial charge on any atom is 0.255 e. The van der Waals surface area contributed by atoms with Crippen molar-refractivity contribution in [2.75, 3.05) is 6.54 Å². The van der Waals surface area contributed by atoms with Crippen LogP contribution in [0.2, 0.25) is 10.0 Å². The number of rotatable bonds is 2. The number of amides is 1. The number of carbonyl (C=O) groups is 1. The highest BCUT2D eigenvalue weighted by molar-refractivity contribution is 6.43. The van der Waals surface area contributed by atoms with Gasteiger partial charge in [0.15, 0.2) is 0 Å². The Balaban J connectivity index is 1.65. The van der Waals surface area contributed by atoms with Gasteiger partial charge in [0.1, 0.15) is 6.33 Å². The lowest BCUT2D eigenvalue weighted by atomic mass is 10.00. The van der Waals surface area contributed by atoms with E-state index >= 15 is 0 Å². The number of hydrogen-bond acceptors (Lipinski definition) is 4. The zero-order chi connectivity index (χ0) is 18.1. The lowest BCUT2D eigenvalue weighted by molar-refractivity contribution is 0.0732. The van der Waals surface area contributed by atoms with E-state index in [4.69, 9.17) is 23.2 Å². The molecule has 0 N–H and O–H groups in total. The predicted octanol–water partition coefficient (Wildman–Crippen LogP) is 4.04. The molecule has 0 unspecified atom stereocenters. The SMILES string of the molecule is O=C(c1cccc(Cl)c1Cl)N1CCc2c(ncnc2-c2ccccn2)C1. The van der Waals surface area contributed by atoms with Crippen LogP contribution < -0.4 is 0 Å². The normalized spacial score (nSPS) is 13.4. The van der Waals surface area contributed by atoms with Gasteiger partial charge < -0.3 is 4.90 Å². The van der Waals surface area contributed by atoms with Gasteiger partial charge in [-0.3, -0.25) is 9.78 Å². The molecule has 0 bridgehead atoms. The van der Waals surface area contributed by atoms with E-state index in [0.29, 0.717) is 30.1 Å². The second-order valence-corrected chi connectivity index (χ2v) is 6.73. The number of aromatic nitrogens is 3. The van der Waals surface area contributed by atoms with E-state index in [1.165, 1.54) is 6.33 Å². The minimum atomic E-state index is -0.152. The van der Waals surface area contributed by atoms with Gasteiger partial charge in [0.05, 0.1) is 39.2 Å². The largest absolute Gasteiger partial charge is 0.332 e. The van der Waals surface area contributed by atoms with Crippen molar-refractivity contribution in [2.24, 2.45) is 0 Å². The van der Waals surface area contributed by atoms with Gasteiger partial charge in [0.25, 0.3) is 5.91 Å². The Morgan fingerprint density at radius 2 is 1.92 bits per heavy atom. The Morgan fingerprint density at radius 3 is 2.73 bits per heavy atom. The molecule has 7 heteroatoms. The molecular weight excluding hydrogens is 371 g/mol. The average molecular weight is 385 g/mol. The molecule has 0 spiro atoms. The fourth-order valence-corrected chi connectivity index (χ4v) is 3.47. The quantitative estimate of drug-likeness (QED) is 0.668. The first kappa shape index (κ1) is 16.9. The average Bonchev–Trinajstić information content (AvgIpc) is 2.69. The number of nitrogens with zero attached hydrogens (tertiary/aromatic N) is 4. The Morgan fingerprint density at radius 1 is 1.04 bits per heavy atom. The summed E-state index contributed by atoms with van der Waals surface area (Å²) in [6.45, 7) is 0.960. The van der Waals surface area contributed by atoms with Crippen molar-refractivity contribution in [3.63, 3.8) is 0 Å². The van der Waals surface area contributed by atoms with Crippen molar-refractivity contribution in [1.29, 1.82) is 0 Å². The van der Waals surface area contributed by atoms with Crippen LogP contribution in [0.15, 0.2) is 48.9 Å². The van der Waals surface area contributed by atoms with E-state index < -0.39 is 0 Å². The van der Waals surface area contributed by atoms with E-state index in [0.717, 1.165) is 22.6 Å². The molecule has 1 aromatic carbocycles. The van der Waals surface area contributed by atoms with Gasteiger partial charge in [-0.25, -0.2) is 9.97 Å². The van der Waals surface area contributed by atoms with Gasteiger partial charge in [-0.15, -0.1) is 0 Å². The Labute approximate surface area is 160 Å². The van der Waals surface area contributed by atoms with E-state index in [9.17, 15) is 4.79 Å². The van der Waals surface area contributed by atoms with Gasteiger partial charge >= 0.3 is 0 Å². The van der Waals surface area contributed by atoms with Gasteiger partial charge in [0, 0.05) is 18.3 Å². The van der Waals surface area contributed by atoms with Crippen molar-refractivity contribution in [3.05, 3.63) is 75.8 Å². The van der Waals surface area contributed by atoms with Crippen LogP contribution in [0.4, 0.5) is 0 Å². The lowest BCUT2D eigenvalue weighted by Crippen LogP contribution is -2.37. The summed E-state index contributed by atoms with van der Waals surface area (Å²) in [5.74, 6) is -0.152. The number of halogens is 2. The summed E-state index contributed by atoms with van der Waals surface area (Å²) in [4.78, 5) is 27.8. The molecule has 2 aromatic heterocycles. The molecule has 130 valence electrons. The van der Waals surface area contributed by atoms with Crippen molar-refractivity contribution < 1.29 is 4.79 Å². The third-order valence-electron chi connectivity index (χ3n) is 4.38. The summed E-state index contributed by atoms with van der Waals surface area (Å²) in [6.07, 6.45) is 3.92. The van der Waals surface area contributed by atoms with Crippen LogP contribution in [0.5, 0.6) is 0 Å². The van der Waals surface area contributed by atoms with Gasteiger partial charge in [-0.2, -0.15) is 0 Å². The third kappa shape index (κ3) is 3.04. The molecule has 4 rings (SSSR count). The number of carbonyl (C=O) groups excluding carboxylic acids is 1. The molecule has 1 aliphatic rings. The highest BCUT2D eigenvalue weighted by atomic mass is 35.5. The first-order valence-electron chi connectivity index (χ1n) is 8.12. The molecule has 3 aromatic rings. The zero-order valence-electron chi connectivity index (χ0n) is 13.7. The van der Waals surface area contributed by atoms with Crippen LogP contribution in [0, 0.1) is 0 Å². The predicted molar refractivity (Wildman–Crippen MR) is 100 cm³/mol. The summed E-state index contributed by atoms with van der Waals surface area (Å²) in [5.41, 5.74) is 3.90. The van der Waals surface area contributed by atoms with E-state index in [1.54, 1.807) is 29.3 Å². The zero-order valence-corrected chi connectivity index (χ0v) is 15.2. The molecule has 1 aliphatic heterocycles. The fraction of sp³-hybridized carbons (Fsp3) is 0.158. The monoisotopic (exact) mass is 384 g/mol. The van der Waals surface area contributed by atoms with Gasteiger partial charge in [0.2, 0.25) is 0 Å². The molecule has 0 saturated heterocycles. The highest BCUT2D eigenvalue weighted by Crippen LogP contribution is 2.30. The van der Waals surface area contributed by atoms with Crippen LogP contribution in [-0.4, -0.2) is 32.3 Å². The van der Waals surface area contributed by atoms with Crippen molar-refractivity contribution in [3.8, 4) is 11.4 Å². The molecule has 0 aliphatic carbocycles. The Hall–Kier alpha value is -2.50. The van der Waals surface area contributed by atoms with E-state index in [-0.39, 0.29) is 10.9 Å². The van der Waals surface area contributed by atoms with Gasteiger partial charge in [-0.1, -0.05) is 35.3 Å². The molecule has 0 saturated carbocycles. The van der Waals surface area contributed by atoms with Crippen molar-refractivity contribution >= 4 is 29.1 Å². The van der Waals surface area contributed by atoms with Crippen molar-refractivity contribution in [2.45, 2.75) is 13.0 Å². The van der Waals surface area contributed by atoms with Crippen molar-refractivity contribution in [1.82, 2.24) is 19.9 Å². The number of hydrogen-bond donors (Lipinski definition) is 0. The van der Waals surface area contributed by atoms with E-state index in [1.807, 2.05) is 18.2 Å². The minimum absolute atomic E-state index is 0.152. The third-order valence-corrected chi connectivity index (χ3v) is 5.20. The topological polar surface area (TPSA) is 59.0 Å². The Bertz CT molecular complexity index is 979. The molecule has 3 heterocycles. The molecule has 0 atom stereocenters. The fourth-order valence-electron chi connectivity index (χ4n) is 3.09. The summed E-state index contributed by atoms with van der Waals surface area (Å²) in [7, 11) is 0. The van der Waals surface area contributed by atoms with Crippen LogP contribution in [-0.2, 0) is 13.0 Å². The second kappa shape index (κ2) is 7.02. The highest BCUT2D eigenvalue weighted by Gasteiger charge is 2.27. The summed E-state index contributed by atoms with van der Waals surface area (Å²) < 4.78 is 0. The van der Waals surface area contributed by atoms with E-state index in [2.05, 4.69) is 15.0 Å². The van der Waals surface area contributed by atoms with Crippen LogP contribution in [0.1, 0.15) is 21.6 Å². The van der Waals surface area contributed by atoms with Crippen LogP contribution >= 0.6 is 23.2 Å². The number of benzene rings is 1. The Kier molecular flexibility index (Phi) is 4.57. The molecule has 1 amide bonds. The first-order chi connectivity index (χ1) is 12.6. The summed E-state index contributed by atoms with van der Waals surface area (Å²) >= 11 is 12.2. The molecule has 26 heavy (non-hydrogen) atoms. The molecule has 5 nitrogen and oxygen atoms in total. The first-order valence-corrected chi connectivity index (χ1v) is 8.88. The molecule has 0 fully saturated rings. The molecular formula is C19H14Cl2N4O. The number of fused-ring (bicyclic) bond motifs is 1. The summed E-state index contributed by atoms with van der Waals surface area (Å²) in [6, 6.07) is 10.8. The number of pyridine rings is 1. The maximum absolute atomic E-state index is 12.9. The lowest BCUT2D eigenvalue weighted by Gasteiger charge is -2.29. The summed E-state index contributed by atoms with van der Waals surface area (Å²) in [5, 5.41) is 0.650.